The van der Waals surface area contributed by atoms with Crippen molar-refractivity contribution < 1.29 is 21.8 Å². The van der Waals surface area contributed by atoms with Crippen LogP contribution in [0.5, 0.6) is 0 Å². The van der Waals surface area contributed by atoms with Crippen LogP contribution in [0.15, 0.2) is 59.5 Å². The van der Waals surface area contributed by atoms with Gasteiger partial charge in [0, 0.05) is 12.5 Å². The van der Waals surface area contributed by atoms with Gasteiger partial charge >= 0.3 is 0 Å². The normalized spacial score (nSPS) is 14.8. The molecule has 0 aliphatic heterocycles. The van der Waals surface area contributed by atoms with Crippen LogP contribution in [0.1, 0.15) is 45.2 Å². The molecule has 2 aromatic carbocycles. The maximum Gasteiger partial charge on any atom is 0.296 e. The summed E-state index contributed by atoms with van der Waals surface area (Å²) in [5.41, 5.74) is 2.13. The predicted octanol–water partition coefficient (Wildman–Crippen LogP) is 6.33. The number of hydrogen-bond acceptors (Lipinski definition) is 5. The van der Waals surface area contributed by atoms with E-state index in [9.17, 15) is 8.42 Å². The molecule has 0 aliphatic carbocycles. The first-order valence-corrected chi connectivity index (χ1v) is 15.9. The fourth-order valence-electron chi connectivity index (χ4n) is 3.06. The van der Waals surface area contributed by atoms with E-state index >= 15 is 0 Å². The fraction of sp³-hybridized carbons (Fsp3) is 0.538. The van der Waals surface area contributed by atoms with Gasteiger partial charge in [0.15, 0.2) is 8.32 Å². The second kappa shape index (κ2) is 11.8. The van der Waals surface area contributed by atoms with E-state index in [-0.39, 0.29) is 28.6 Å². The Morgan fingerprint density at radius 2 is 1.58 bits per heavy atom. The highest BCUT2D eigenvalue weighted by Gasteiger charge is 2.40. The van der Waals surface area contributed by atoms with Crippen LogP contribution in [0.3, 0.4) is 0 Å². The van der Waals surface area contributed by atoms with Crippen molar-refractivity contribution in [1.82, 2.24) is 0 Å². The highest BCUT2D eigenvalue weighted by Crippen LogP contribution is 2.38. The van der Waals surface area contributed by atoms with Gasteiger partial charge in [-0.1, -0.05) is 75.7 Å². The maximum absolute atomic E-state index is 12.7. The molecule has 33 heavy (non-hydrogen) atoms. The lowest BCUT2D eigenvalue weighted by Gasteiger charge is -2.41. The van der Waals surface area contributed by atoms with E-state index in [0.29, 0.717) is 19.6 Å². The number of ether oxygens (including phenoxy) is 1. The second-order valence-corrected chi connectivity index (χ2v) is 16.6. The van der Waals surface area contributed by atoms with Crippen molar-refractivity contribution in [3.63, 3.8) is 0 Å². The van der Waals surface area contributed by atoms with Crippen LogP contribution in [0.2, 0.25) is 18.1 Å². The third-order valence-corrected chi connectivity index (χ3v) is 12.1. The third-order valence-electron chi connectivity index (χ3n) is 6.34. The molecule has 184 valence electrons. The molecule has 0 aromatic heterocycles. The number of aryl methyl sites for hydroxylation is 1. The van der Waals surface area contributed by atoms with Gasteiger partial charge in [0.25, 0.3) is 10.1 Å². The molecular weight excluding hydrogens is 452 g/mol. The third kappa shape index (κ3) is 8.65. The molecule has 0 fully saturated rings. The van der Waals surface area contributed by atoms with Crippen LogP contribution in [-0.2, 0) is 30.1 Å². The zero-order valence-corrected chi connectivity index (χ0v) is 22.9. The average Bonchev–Trinajstić information content (AvgIpc) is 2.74. The minimum absolute atomic E-state index is 0.0463. The zero-order valence-electron chi connectivity index (χ0n) is 21.1. The molecule has 0 aliphatic rings. The van der Waals surface area contributed by atoms with Crippen molar-refractivity contribution in [2.24, 2.45) is 5.92 Å². The van der Waals surface area contributed by atoms with Crippen molar-refractivity contribution in [1.29, 1.82) is 0 Å². The summed E-state index contributed by atoms with van der Waals surface area (Å²) in [5.74, 6) is -0.111. The average molecular weight is 493 g/mol. The van der Waals surface area contributed by atoms with Crippen LogP contribution >= 0.6 is 0 Å². The number of rotatable bonds is 12. The van der Waals surface area contributed by atoms with Crippen LogP contribution in [0.25, 0.3) is 0 Å². The molecule has 0 N–H and O–H groups in total. The van der Waals surface area contributed by atoms with Gasteiger partial charge in [0.2, 0.25) is 0 Å². The summed E-state index contributed by atoms with van der Waals surface area (Å²) < 4.78 is 43.3. The van der Waals surface area contributed by atoms with E-state index < -0.39 is 18.4 Å². The molecule has 2 rings (SSSR count). The van der Waals surface area contributed by atoms with Gasteiger partial charge in [0.1, 0.15) is 0 Å². The Balaban J connectivity index is 2.03. The minimum atomic E-state index is -3.81. The standard InChI is InChI=1S/C26H40O5SSi/c1-21-13-15-24(16-14-21)32(27,28)30-19-22(2)25(31-33(6,7)26(3,4)5)17-18-29-20-23-11-9-8-10-12-23/h8-16,22,25H,17-20H2,1-7H3/t22-,25-/m0/s1. The fourth-order valence-corrected chi connectivity index (χ4v) is 5.52. The van der Waals surface area contributed by atoms with Gasteiger partial charge in [-0.3, -0.25) is 4.18 Å². The van der Waals surface area contributed by atoms with Gasteiger partial charge in [-0.25, -0.2) is 0 Å². The SMILES string of the molecule is Cc1ccc(S(=O)(=O)OC[C@H](C)[C@H](CCOCc2ccccc2)O[Si](C)(C)C(C)(C)C)cc1. The van der Waals surface area contributed by atoms with Gasteiger partial charge in [-0.15, -0.1) is 0 Å². The summed E-state index contributed by atoms with van der Waals surface area (Å²) in [7, 11) is -5.87. The first-order valence-electron chi connectivity index (χ1n) is 11.6. The highest BCUT2D eigenvalue weighted by atomic mass is 32.2. The first-order chi connectivity index (χ1) is 15.3. The van der Waals surface area contributed by atoms with Crippen molar-refractivity contribution >= 4 is 18.4 Å². The van der Waals surface area contributed by atoms with E-state index in [4.69, 9.17) is 13.3 Å². The van der Waals surface area contributed by atoms with Crippen molar-refractivity contribution in [3.8, 4) is 0 Å². The summed E-state index contributed by atoms with van der Waals surface area (Å²) in [5, 5.41) is 0.0463. The molecular formula is C26H40O5SSi. The molecule has 0 saturated carbocycles. The molecule has 5 nitrogen and oxygen atoms in total. The molecule has 0 radical (unpaired) electrons. The smallest absolute Gasteiger partial charge is 0.296 e. The molecule has 2 atom stereocenters. The number of benzene rings is 2. The monoisotopic (exact) mass is 492 g/mol. The van der Waals surface area contributed by atoms with Gasteiger partial charge in [-0.05, 0) is 49.2 Å². The molecule has 7 heteroatoms. The number of hydrogen-bond donors (Lipinski definition) is 0. The highest BCUT2D eigenvalue weighted by molar-refractivity contribution is 7.86. The van der Waals surface area contributed by atoms with Crippen molar-refractivity contribution in [3.05, 3.63) is 65.7 Å². The lowest BCUT2D eigenvalue weighted by atomic mass is 10.0. The Labute approximate surface area is 201 Å². The van der Waals surface area contributed by atoms with Crippen LogP contribution in [-0.4, -0.2) is 36.1 Å². The van der Waals surface area contributed by atoms with Gasteiger partial charge < -0.3 is 9.16 Å². The lowest BCUT2D eigenvalue weighted by molar-refractivity contribution is 0.0431. The van der Waals surface area contributed by atoms with E-state index in [1.54, 1.807) is 24.3 Å². The van der Waals surface area contributed by atoms with E-state index in [0.717, 1.165) is 11.1 Å². The zero-order chi connectivity index (χ0) is 24.7. The Kier molecular flexibility index (Phi) is 9.88. The van der Waals surface area contributed by atoms with Gasteiger partial charge in [-0.2, -0.15) is 8.42 Å². The maximum atomic E-state index is 12.7. The van der Waals surface area contributed by atoms with Crippen LogP contribution in [0.4, 0.5) is 0 Å². The largest absolute Gasteiger partial charge is 0.413 e. The van der Waals surface area contributed by atoms with Crippen LogP contribution in [0, 0.1) is 12.8 Å². The van der Waals surface area contributed by atoms with E-state index in [2.05, 4.69) is 33.9 Å². The molecule has 0 heterocycles. The first kappa shape index (κ1) is 27.7. The Hall–Kier alpha value is -1.51. The molecule has 0 bridgehead atoms. The van der Waals surface area contributed by atoms with E-state index in [1.807, 2.05) is 44.2 Å². The molecule has 0 saturated heterocycles. The predicted molar refractivity (Wildman–Crippen MR) is 136 cm³/mol. The van der Waals surface area contributed by atoms with Crippen molar-refractivity contribution in [2.45, 2.75) is 76.8 Å². The molecule has 0 amide bonds. The summed E-state index contributed by atoms with van der Waals surface area (Å²) in [6.45, 7) is 16.1. The second-order valence-electron chi connectivity index (χ2n) is 10.3. The summed E-state index contributed by atoms with van der Waals surface area (Å²) in [6, 6.07) is 16.8. The lowest BCUT2D eigenvalue weighted by Crippen LogP contribution is -2.46. The molecule has 0 unspecified atom stereocenters. The Bertz CT molecular complexity index is 950. The molecule has 0 spiro atoms. The summed E-state index contributed by atoms with van der Waals surface area (Å²) in [6.07, 6.45) is 0.518. The minimum Gasteiger partial charge on any atom is -0.413 e. The molecule has 2 aromatic rings. The van der Waals surface area contributed by atoms with Crippen LogP contribution < -0.4 is 0 Å². The topological polar surface area (TPSA) is 61.8 Å². The summed E-state index contributed by atoms with van der Waals surface area (Å²) in [4.78, 5) is 0.174. The van der Waals surface area contributed by atoms with E-state index in [1.165, 1.54) is 0 Å². The van der Waals surface area contributed by atoms with Crippen molar-refractivity contribution in [2.75, 3.05) is 13.2 Å². The Morgan fingerprint density at radius 1 is 0.970 bits per heavy atom. The summed E-state index contributed by atoms with van der Waals surface area (Å²) >= 11 is 0. The van der Waals surface area contributed by atoms with Gasteiger partial charge in [0.05, 0.1) is 24.2 Å². The Morgan fingerprint density at radius 3 is 2.15 bits per heavy atom. The quantitative estimate of drug-likeness (QED) is 0.197.